The quantitative estimate of drug-likeness (QED) is 0.656. The molecule has 0 unspecified atom stereocenters. The summed E-state index contributed by atoms with van der Waals surface area (Å²) < 4.78 is 25.5. The standard InChI is InChI=1S/C17H25N3O3S/c1-3-20(15-7-8-15)13-12-19-17(21)11-6-14-4-9-16(10-5-14)24(22,23)18-2/h4-6,9-11,15,18H,3,7-8,12-13H2,1-2H3,(H,19,21)/b11-6+. The van der Waals surface area contributed by atoms with Crippen molar-refractivity contribution in [3.8, 4) is 0 Å². The summed E-state index contributed by atoms with van der Waals surface area (Å²) in [7, 11) is -2.06. The zero-order chi connectivity index (χ0) is 17.6. The smallest absolute Gasteiger partial charge is 0.244 e. The molecule has 0 atom stereocenters. The molecule has 0 bridgehead atoms. The maximum atomic E-state index is 11.8. The topological polar surface area (TPSA) is 78.5 Å². The monoisotopic (exact) mass is 351 g/mol. The second-order valence-corrected chi connectivity index (χ2v) is 7.65. The summed E-state index contributed by atoms with van der Waals surface area (Å²) in [5.74, 6) is -0.145. The van der Waals surface area contributed by atoms with Crippen LogP contribution in [-0.2, 0) is 14.8 Å². The molecule has 0 spiro atoms. The van der Waals surface area contributed by atoms with E-state index in [1.807, 2.05) is 0 Å². The van der Waals surface area contributed by atoms with Gasteiger partial charge in [0, 0.05) is 25.2 Å². The van der Waals surface area contributed by atoms with E-state index in [-0.39, 0.29) is 10.8 Å². The summed E-state index contributed by atoms with van der Waals surface area (Å²) in [6.07, 6.45) is 5.67. The minimum absolute atomic E-state index is 0.145. The molecule has 0 aliphatic heterocycles. The van der Waals surface area contributed by atoms with E-state index < -0.39 is 10.0 Å². The Morgan fingerprint density at radius 2 is 1.96 bits per heavy atom. The van der Waals surface area contributed by atoms with Crippen molar-refractivity contribution in [2.45, 2.75) is 30.7 Å². The second-order valence-electron chi connectivity index (χ2n) is 5.76. The molecular formula is C17H25N3O3S. The number of hydrogen-bond acceptors (Lipinski definition) is 4. The van der Waals surface area contributed by atoms with E-state index >= 15 is 0 Å². The first-order valence-electron chi connectivity index (χ1n) is 8.20. The number of carbonyl (C=O) groups excluding carboxylic acids is 1. The predicted molar refractivity (Wildman–Crippen MR) is 95.0 cm³/mol. The van der Waals surface area contributed by atoms with Gasteiger partial charge >= 0.3 is 0 Å². The number of hydrogen-bond donors (Lipinski definition) is 2. The van der Waals surface area contributed by atoms with Gasteiger partial charge in [-0.05, 0) is 50.2 Å². The average Bonchev–Trinajstić information content (AvgIpc) is 3.42. The molecule has 132 valence electrons. The van der Waals surface area contributed by atoms with E-state index in [1.165, 1.54) is 38.1 Å². The summed E-state index contributed by atoms with van der Waals surface area (Å²) in [5, 5.41) is 2.87. The van der Waals surface area contributed by atoms with Gasteiger partial charge in [0.05, 0.1) is 4.90 Å². The Morgan fingerprint density at radius 3 is 2.50 bits per heavy atom. The minimum atomic E-state index is -3.43. The lowest BCUT2D eigenvalue weighted by Gasteiger charge is -2.19. The molecule has 0 heterocycles. The number of benzene rings is 1. The molecular weight excluding hydrogens is 326 g/mol. The highest BCUT2D eigenvalue weighted by Crippen LogP contribution is 2.25. The first-order valence-corrected chi connectivity index (χ1v) is 9.68. The van der Waals surface area contributed by atoms with Crippen LogP contribution in [0.25, 0.3) is 6.08 Å². The summed E-state index contributed by atoms with van der Waals surface area (Å²) >= 11 is 0. The Balaban J connectivity index is 1.80. The lowest BCUT2D eigenvalue weighted by Crippen LogP contribution is -2.35. The van der Waals surface area contributed by atoms with E-state index in [0.29, 0.717) is 12.6 Å². The van der Waals surface area contributed by atoms with E-state index in [2.05, 4.69) is 21.9 Å². The number of rotatable bonds is 9. The maximum absolute atomic E-state index is 11.8. The number of sulfonamides is 1. The summed E-state index contributed by atoms with van der Waals surface area (Å²) in [6.45, 7) is 4.65. The molecule has 2 rings (SSSR count). The molecule has 1 aliphatic rings. The fourth-order valence-electron chi connectivity index (χ4n) is 2.47. The number of nitrogens with one attached hydrogen (secondary N) is 2. The molecule has 7 heteroatoms. The fraction of sp³-hybridized carbons (Fsp3) is 0.471. The summed E-state index contributed by atoms with van der Waals surface area (Å²) in [5.41, 5.74) is 0.772. The third-order valence-corrected chi connectivity index (χ3v) is 5.48. The highest BCUT2D eigenvalue weighted by Gasteiger charge is 2.27. The van der Waals surface area contributed by atoms with Gasteiger partial charge in [0.1, 0.15) is 0 Å². The van der Waals surface area contributed by atoms with Crippen LogP contribution in [0.2, 0.25) is 0 Å². The molecule has 1 fully saturated rings. The van der Waals surface area contributed by atoms with E-state index in [9.17, 15) is 13.2 Å². The molecule has 0 saturated heterocycles. The fourth-order valence-corrected chi connectivity index (χ4v) is 3.20. The van der Waals surface area contributed by atoms with Gasteiger partial charge in [0.25, 0.3) is 0 Å². The highest BCUT2D eigenvalue weighted by atomic mass is 32.2. The molecule has 2 N–H and O–H groups in total. The molecule has 1 amide bonds. The van der Waals surface area contributed by atoms with Crippen molar-refractivity contribution in [2.24, 2.45) is 0 Å². The number of likely N-dealkylation sites (N-methyl/N-ethyl adjacent to an activating group) is 1. The van der Waals surface area contributed by atoms with Crippen LogP contribution in [0.3, 0.4) is 0 Å². The van der Waals surface area contributed by atoms with E-state index in [0.717, 1.165) is 18.7 Å². The lowest BCUT2D eigenvalue weighted by atomic mass is 10.2. The molecule has 0 aromatic heterocycles. The van der Waals surface area contributed by atoms with Gasteiger partial charge in [-0.15, -0.1) is 0 Å². The largest absolute Gasteiger partial charge is 0.351 e. The number of amides is 1. The Bertz CT molecular complexity index is 680. The van der Waals surface area contributed by atoms with Crippen LogP contribution < -0.4 is 10.0 Å². The van der Waals surface area contributed by atoms with Gasteiger partial charge in [-0.25, -0.2) is 13.1 Å². The summed E-state index contributed by atoms with van der Waals surface area (Å²) in [6, 6.07) is 7.06. The molecule has 1 aliphatic carbocycles. The van der Waals surface area contributed by atoms with Crippen molar-refractivity contribution in [1.29, 1.82) is 0 Å². The van der Waals surface area contributed by atoms with Gasteiger partial charge in [-0.2, -0.15) is 0 Å². The van der Waals surface area contributed by atoms with Crippen LogP contribution in [-0.4, -0.2) is 51.9 Å². The number of nitrogens with zero attached hydrogens (tertiary/aromatic N) is 1. The third-order valence-electron chi connectivity index (χ3n) is 4.05. The van der Waals surface area contributed by atoms with Gasteiger partial charge < -0.3 is 5.32 Å². The van der Waals surface area contributed by atoms with Crippen molar-refractivity contribution in [3.05, 3.63) is 35.9 Å². The SMILES string of the molecule is CCN(CCNC(=O)/C=C/c1ccc(S(=O)(=O)NC)cc1)C1CC1. The molecule has 1 saturated carbocycles. The predicted octanol–water partition coefficient (Wildman–Crippen LogP) is 1.21. The summed E-state index contributed by atoms with van der Waals surface area (Å²) in [4.78, 5) is 14.4. The van der Waals surface area contributed by atoms with Crippen LogP contribution >= 0.6 is 0 Å². The molecule has 0 radical (unpaired) electrons. The molecule has 6 nitrogen and oxygen atoms in total. The second kappa shape index (κ2) is 8.41. The lowest BCUT2D eigenvalue weighted by molar-refractivity contribution is -0.116. The first kappa shape index (κ1) is 18.6. The normalized spacial score (nSPS) is 15.1. The van der Waals surface area contributed by atoms with Gasteiger partial charge in [-0.1, -0.05) is 19.1 Å². The van der Waals surface area contributed by atoms with Crippen LogP contribution in [0.5, 0.6) is 0 Å². The van der Waals surface area contributed by atoms with E-state index in [4.69, 9.17) is 0 Å². The van der Waals surface area contributed by atoms with Gasteiger partial charge in [0.15, 0.2) is 0 Å². The Morgan fingerprint density at radius 1 is 1.29 bits per heavy atom. The average molecular weight is 351 g/mol. The first-order chi connectivity index (χ1) is 11.5. The van der Waals surface area contributed by atoms with Crippen LogP contribution in [0.4, 0.5) is 0 Å². The Labute approximate surface area is 144 Å². The highest BCUT2D eigenvalue weighted by molar-refractivity contribution is 7.89. The van der Waals surface area contributed by atoms with Crippen LogP contribution in [0.1, 0.15) is 25.3 Å². The van der Waals surface area contributed by atoms with E-state index in [1.54, 1.807) is 18.2 Å². The van der Waals surface area contributed by atoms with Crippen LogP contribution in [0.15, 0.2) is 35.2 Å². The van der Waals surface area contributed by atoms with Crippen molar-refractivity contribution in [1.82, 2.24) is 14.9 Å². The number of carbonyl (C=O) groups is 1. The zero-order valence-electron chi connectivity index (χ0n) is 14.2. The van der Waals surface area contributed by atoms with Crippen molar-refractivity contribution < 1.29 is 13.2 Å². The molecule has 24 heavy (non-hydrogen) atoms. The van der Waals surface area contributed by atoms with Crippen molar-refractivity contribution >= 4 is 22.0 Å². The Hall–Kier alpha value is -1.70. The van der Waals surface area contributed by atoms with Gasteiger partial charge in [-0.3, -0.25) is 9.69 Å². The maximum Gasteiger partial charge on any atom is 0.244 e. The third kappa shape index (κ3) is 5.43. The molecule has 1 aromatic rings. The van der Waals surface area contributed by atoms with Crippen molar-refractivity contribution in [2.75, 3.05) is 26.7 Å². The Kier molecular flexibility index (Phi) is 6.53. The van der Waals surface area contributed by atoms with Crippen LogP contribution in [0, 0.1) is 0 Å². The van der Waals surface area contributed by atoms with Gasteiger partial charge in [0.2, 0.25) is 15.9 Å². The zero-order valence-corrected chi connectivity index (χ0v) is 15.0. The van der Waals surface area contributed by atoms with Crippen molar-refractivity contribution in [3.63, 3.8) is 0 Å². The molecule has 1 aromatic carbocycles. The minimum Gasteiger partial charge on any atom is -0.351 e.